The molecule has 1 aromatic rings. The SMILES string of the molecule is CCC(C)CN(CC)S(=O)(=O)c1cccc(O)c1. The molecule has 102 valence electrons. The van der Waals surface area contributed by atoms with E-state index in [0.717, 1.165) is 6.42 Å². The number of phenolic OH excluding ortho intramolecular Hbond substituents is 1. The van der Waals surface area contributed by atoms with Gasteiger partial charge in [-0.3, -0.25) is 0 Å². The summed E-state index contributed by atoms with van der Waals surface area (Å²) in [5, 5.41) is 9.38. The topological polar surface area (TPSA) is 57.6 Å². The standard InChI is InChI=1S/C13H21NO3S/c1-4-11(3)10-14(5-2)18(16,17)13-8-6-7-12(15)9-13/h6-9,11,15H,4-5,10H2,1-3H3. The molecule has 1 N–H and O–H groups in total. The van der Waals surface area contributed by atoms with E-state index in [1.54, 1.807) is 6.07 Å². The molecule has 0 radical (unpaired) electrons. The Morgan fingerprint density at radius 2 is 2.00 bits per heavy atom. The summed E-state index contributed by atoms with van der Waals surface area (Å²) in [5.74, 6) is 0.285. The van der Waals surface area contributed by atoms with Gasteiger partial charge in [-0.15, -0.1) is 0 Å². The molecule has 1 atom stereocenters. The molecule has 0 saturated heterocycles. The highest BCUT2D eigenvalue weighted by atomic mass is 32.2. The van der Waals surface area contributed by atoms with Gasteiger partial charge in [-0.25, -0.2) is 8.42 Å². The summed E-state index contributed by atoms with van der Waals surface area (Å²) < 4.78 is 26.2. The number of hydrogen-bond donors (Lipinski definition) is 1. The average molecular weight is 271 g/mol. The highest BCUT2D eigenvalue weighted by Crippen LogP contribution is 2.21. The Kier molecular flexibility index (Phi) is 5.16. The van der Waals surface area contributed by atoms with E-state index >= 15 is 0 Å². The van der Waals surface area contributed by atoms with Crippen LogP contribution in [0, 0.1) is 5.92 Å². The van der Waals surface area contributed by atoms with Crippen molar-refractivity contribution in [3.63, 3.8) is 0 Å². The maximum atomic E-state index is 12.4. The molecule has 5 heteroatoms. The summed E-state index contributed by atoms with van der Waals surface area (Å²) in [4.78, 5) is 0.146. The minimum absolute atomic E-state index is 0.0318. The number of benzene rings is 1. The first-order valence-corrected chi connectivity index (χ1v) is 7.65. The van der Waals surface area contributed by atoms with Crippen LogP contribution in [0.25, 0.3) is 0 Å². The Labute approximate surface area is 109 Å². The fraction of sp³-hybridized carbons (Fsp3) is 0.538. The second kappa shape index (κ2) is 6.20. The molecular formula is C13H21NO3S. The number of phenols is 1. The fourth-order valence-corrected chi connectivity index (χ4v) is 3.28. The van der Waals surface area contributed by atoms with E-state index < -0.39 is 10.0 Å². The maximum absolute atomic E-state index is 12.4. The molecule has 0 bridgehead atoms. The van der Waals surface area contributed by atoms with Gasteiger partial charge in [0.2, 0.25) is 10.0 Å². The smallest absolute Gasteiger partial charge is 0.243 e. The average Bonchev–Trinajstić information content (AvgIpc) is 2.35. The Hall–Kier alpha value is -1.07. The molecule has 0 amide bonds. The molecule has 0 heterocycles. The summed E-state index contributed by atoms with van der Waals surface area (Å²) >= 11 is 0. The van der Waals surface area contributed by atoms with Crippen molar-refractivity contribution in [2.45, 2.75) is 32.1 Å². The van der Waals surface area contributed by atoms with Crippen LogP contribution in [0.3, 0.4) is 0 Å². The van der Waals surface area contributed by atoms with Gasteiger partial charge in [-0.2, -0.15) is 4.31 Å². The van der Waals surface area contributed by atoms with E-state index in [-0.39, 0.29) is 10.6 Å². The molecule has 0 fully saturated rings. The van der Waals surface area contributed by atoms with Gasteiger partial charge in [0.1, 0.15) is 5.75 Å². The summed E-state index contributed by atoms with van der Waals surface area (Å²) in [6, 6.07) is 5.80. The molecule has 4 nitrogen and oxygen atoms in total. The van der Waals surface area contributed by atoms with Crippen LogP contribution in [0.15, 0.2) is 29.2 Å². The van der Waals surface area contributed by atoms with Gasteiger partial charge < -0.3 is 5.11 Å². The van der Waals surface area contributed by atoms with Gasteiger partial charge in [0, 0.05) is 13.1 Å². The van der Waals surface area contributed by atoms with Gasteiger partial charge >= 0.3 is 0 Å². The second-order valence-corrected chi connectivity index (χ2v) is 6.40. The molecule has 1 unspecified atom stereocenters. The van der Waals surface area contributed by atoms with Crippen LogP contribution in [0.1, 0.15) is 27.2 Å². The van der Waals surface area contributed by atoms with Crippen LogP contribution in [-0.2, 0) is 10.0 Å². The lowest BCUT2D eigenvalue weighted by Gasteiger charge is -2.23. The Bertz CT molecular complexity index is 485. The molecular weight excluding hydrogens is 250 g/mol. The molecule has 0 aromatic heterocycles. The zero-order valence-electron chi connectivity index (χ0n) is 11.1. The molecule has 0 aliphatic rings. The number of nitrogens with zero attached hydrogens (tertiary/aromatic N) is 1. The Morgan fingerprint density at radius 1 is 1.33 bits per heavy atom. The summed E-state index contributed by atoms with van der Waals surface area (Å²) in [6.45, 7) is 6.83. The molecule has 18 heavy (non-hydrogen) atoms. The lowest BCUT2D eigenvalue weighted by atomic mass is 10.1. The summed E-state index contributed by atoms with van der Waals surface area (Å²) in [7, 11) is -3.51. The van der Waals surface area contributed by atoms with Crippen molar-refractivity contribution in [2.75, 3.05) is 13.1 Å². The number of sulfonamides is 1. The molecule has 1 rings (SSSR count). The zero-order valence-corrected chi connectivity index (χ0v) is 11.9. The monoisotopic (exact) mass is 271 g/mol. The van der Waals surface area contributed by atoms with E-state index in [1.807, 2.05) is 20.8 Å². The third kappa shape index (κ3) is 3.46. The van der Waals surface area contributed by atoms with Gasteiger partial charge in [-0.1, -0.05) is 33.3 Å². The van der Waals surface area contributed by atoms with Crippen molar-refractivity contribution < 1.29 is 13.5 Å². The van der Waals surface area contributed by atoms with Gasteiger partial charge in [0.15, 0.2) is 0 Å². The maximum Gasteiger partial charge on any atom is 0.243 e. The molecule has 0 aliphatic heterocycles. The van der Waals surface area contributed by atoms with E-state index in [9.17, 15) is 13.5 Å². The normalized spacial score (nSPS) is 13.8. The molecule has 0 spiro atoms. The van der Waals surface area contributed by atoms with Crippen LogP contribution in [0.2, 0.25) is 0 Å². The van der Waals surface area contributed by atoms with E-state index in [2.05, 4.69) is 0 Å². The van der Waals surface area contributed by atoms with Crippen LogP contribution < -0.4 is 0 Å². The van der Waals surface area contributed by atoms with Gasteiger partial charge in [0.05, 0.1) is 4.90 Å². The summed E-state index contributed by atoms with van der Waals surface area (Å²) in [5.41, 5.74) is 0. The number of aromatic hydroxyl groups is 1. The Balaban J connectivity index is 3.03. The summed E-state index contributed by atoms with van der Waals surface area (Å²) in [6.07, 6.45) is 0.937. The number of hydrogen-bond acceptors (Lipinski definition) is 3. The first-order chi connectivity index (χ1) is 8.41. The van der Waals surface area contributed by atoms with Crippen LogP contribution >= 0.6 is 0 Å². The zero-order chi connectivity index (χ0) is 13.8. The lowest BCUT2D eigenvalue weighted by molar-refractivity contribution is 0.361. The van der Waals surface area contributed by atoms with Crippen molar-refractivity contribution in [3.8, 4) is 5.75 Å². The molecule has 0 aliphatic carbocycles. The number of rotatable bonds is 6. The quantitative estimate of drug-likeness (QED) is 0.864. The van der Waals surface area contributed by atoms with Crippen molar-refractivity contribution in [3.05, 3.63) is 24.3 Å². The third-order valence-corrected chi connectivity index (χ3v) is 4.96. The van der Waals surface area contributed by atoms with E-state index in [0.29, 0.717) is 19.0 Å². The van der Waals surface area contributed by atoms with Crippen molar-refractivity contribution in [1.82, 2.24) is 4.31 Å². The predicted molar refractivity (Wildman–Crippen MR) is 72.0 cm³/mol. The van der Waals surface area contributed by atoms with Crippen LogP contribution in [0.5, 0.6) is 5.75 Å². The minimum Gasteiger partial charge on any atom is -0.508 e. The van der Waals surface area contributed by atoms with Gasteiger partial charge in [0.25, 0.3) is 0 Å². The first-order valence-electron chi connectivity index (χ1n) is 6.21. The van der Waals surface area contributed by atoms with Crippen molar-refractivity contribution in [2.24, 2.45) is 5.92 Å². The highest BCUT2D eigenvalue weighted by Gasteiger charge is 2.24. The van der Waals surface area contributed by atoms with Crippen molar-refractivity contribution >= 4 is 10.0 Å². The Morgan fingerprint density at radius 3 is 2.50 bits per heavy atom. The fourth-order valence-electron chi connectivity index (χ4n) is 1.67. The lowest BCUT2D eigenvalue weighted by Crippen LogP contribution is -2.34. The van der Waals surface area contributed by atoms with Gasteiger partial charge in [-0.05, 0) is 24.1 Å². The van der Waals surface area contributed by atoms with Crippen LogP contribution in [0.4, 0.5) is 0 Å². The highest BCUT2D eigenvalue weighted by molar-refractivity contribution is 7.89. The minimum atomic E-state index is -3.51. The first kappa shape index (κ1) is 15.0. The molecule has 0 saturated carbocycles. The van der Waals surface area contributed by atoms with E-state index in [1.165, 1.54) is 22.5 Å². The second-order valence-electron chi connectivity index (χ2n) is 4.47. The van der Waals surface area contributed by atoms with Crippen LogP contribution in [-0.4, -0.2) is 30.9 Å². The largest absolute Gasteiger partial charge is 0.508 e. The third-order valence-electron chi connectivity index (χ3n) is 3.02. The van der Waals surface area contributed by atoms with E-state index in [4.69, 9.17) is 0 Å². The predicted octanol–water partition coefficient (Wildman–Crippen LogP) is 2.45. The molecule has 1 aromatic carbocycles. The van der Waals surface area contributed by atoms with Crippen molar-refractivity contribution in [1.29, 1.82) is 0 Å².